The van der Waals surface area contributed by atoms with Crippen molar-refractivity contribution < 1.29 is 0 Å². The highest BCUT2D eigenvalue weighted by atomic mass is 32.2. The summed E-state index contributed by atoms with van der Waals surface area (Å²) in [7, 11) is 0. The zero-order valence-electron chi connectivity index (χ0n) is 10.9. The van der Waals surface area contributed by atoms with Gasteiger partial charge in [-0.1, -0.05) is 47.2 Å². The van der Waals surface area contributed by atoms with E-state index in [0.717, 1.165) is 0 Å². The van der Waals surface area contributed by atoms with E-state index in [1.807, 2.05) is 11.8 Å². The first-order chi connectivity index (χ1) is 8.06. The summed E-state index contributed by atoms with van der Waals surface area (Å²) in [6.07, 6.45) is 0. The minimum absolute atomic E-state index is 1.31. The average molecular weight is 242 g/mol. The predicted molar refractivity (Wildman–Crippen MR) is 76.0 cm³/mol. The second-order valence-corrected chi connectivity index (χ2v) is 5.73. The van der Waals surface area contributed by atoms with E-state index in [4.69, 9.17) is 0 Å². The molecule has 17 heavy (non-hydrogen) atoms. The van der Waals surface area contributed by atoms with E-state index < -0.39 is 0 Å². The summed E-state index contributed by atoms with van der Waals surface area (Å²) < 4.78 is 0. The van der Waals surface area contributed by atoms with Crippen molar-refractivity contribution in [3.05, 3.63) is 58.7 Å². The molecule has 0 fully saturated rings. The lowest BCUT2D eigenvalue weighted by atomic mass is 10.1. The SMILES string of the molecule is Cc1ccc(Sc2c(C)cc(C)cc2C)cc1. The Morgan fingerprint density at radius 2 is 1.24 bits per heavy atom. The molecule has 0 atom stereocenters. The van der Waals surface area contributed by atoms with Gasteiger partial charge in [0.15, 0.2) is 0 Å². The van der Waals surface area contributed by atoms with Crippen LogP contribution < -0.4 is 0 Å². The molecule has 0 bridgehead atoms. The first-order valence-electron chi connectivity index (χ1n) is 5.88. The van der Waals surface area contributed by atoms with Crippen molar-refractivity contribution in [1.29, 1.82) is 0 Å². The summed E-state index contributed by atoms with van der Waals surface area (Å²) in [4.78, 5) is 2.70. The number of hydrogen-bond acceptors (Lipinski definition) is 1. The van der Waals surface area contributed by atoms with Crippen LogP contribution in [0.15, 0.2) is 46.2 Å². The molecule has 0 saturated heterocycles. The third-order valence-electron chi connectivity index (χ3n) is 2.85. The van der Waals surface area contributed by atoms with Gasteiger partial charge in [-0.15, -0.1) is 0 Å². The molecule has 0 heterocycles. The summed E-state index contributed by atoms with van der Waals surface area (Å²) in [5.41, 5.74) is 5.39. The summed E-state index contributed by atoms with van der Waals surface area (Å²) in [5, 5.41) is 0. The van der Waals surface area contributed by atoms with Gasteiger partial charge in [0.2, 0.25) is 0 Å². The fourth-order valence-electron chi connectivity index (χ4n) is 2.05. The molecule has 0 saturated carbocycles. The van der Waals surface area contributed by atoms with Crippen molar-refractivity contribution in [3.8, 4) is 0 Å². The molecule has 0 radical (unpaired) electrons. The van der Waals surface area contributed by atoms with Crippen LogP contribution in [0.5, 0.6) is 0 Å². The van der Waals surface area contributed by atoms with Gasteiger partial charge in [0.05, 0.1) is 0 Å². The Morgan fingerprint density at radius 1 is 0.706 bits per heavy atom. The van der Waals surface area contributed by atoms with Crippen LogP contribution >= 0.6 is 11.8 Å². The lowest BCUT2D eigenvalue weighted by molar-refractivity contribution is 1.18. The largest absolute Gasteiger partial charge is 0.0895 e. The van der Waals surface area contributed by atoms with Crippen LogP contribution in [0.2, 0.25) is 0 Å². The highest BCUT2D eigenvalue weighted by Gasteiger charge is 2.05. The summed E-state index contributed by atoms with van der Waals surface area (Å²) in [6, 6.07) is 13.2. The van der Waals surface area contributed by atoms with Crippen LogP contribution in [0.25, 0.3) is 0 Å². The van der Waals surface area contributed by atoms with Crippen LogP contribution in [0, 0.1) is 27.7 Å². The zero-order valence-corrected chi connectivity index (χ0v) is 11.7. The standard InChI is InChI=1S/C16H18S/c1-11-5-7-15(8-6-11)17-16-13(3)9-12(2)10-14(16)4/h5-10H,1-4H3. The Kier molecular flexibility index (Phi) is 3.58. The fraction of sp³-hybridized carbons (Fsp3) is 0.250. The van der Waals surface area contributed by atoms with Gasteiger partial charge in [-0.05, 0) is 51.0 Å². The van der Waals surface area contributed by atoms with E-state index in [-0.39, 0.29) is 0 Å². The number of rotatable bonds is 2. The second-order valence-electron chi connectivity index (χ2n) is 4.64. The molecule has 0 aliphatic heterocycles. The molecular weight excluding hydrogens is 224 g/mol. The predicted octanol–water partition coefficient (Wildman–Crippen LogP) is 5.07. The van der Waals surface area contributed by atoms with Gasteiger partial charge >= 0.3 is 0 Å². The fourth-order valence-corrected chi connectivity index (χ4v) is 3.00. The topological polar surface area (TPSA) is 0 Å². The Morgan fingerprint density at radius 3 is 1.76 bits per heavy atom. The molecule has 0 N–H and O–H groups in total. The van der Waals surface area contributed by atoms with Crippen molar-refractivity contribution in [2.75, 3.05) is 0 Å². The van der Waals surface area contributed by atoms with Gasteiger partial charge in [0.25, 0.3) is 0 Å². The van der Waals surface area contributed by atoms with Crippen LogP contribution in [-0.4, -0.2) is 0 Å². The highest BCUT2D eigenvalue weighted by Crippen LogP contribution is 2.33. The normalized spacial score (nSPS) is 10.6. The maximum Gasteiger partial charge on any atom is 0.0181 e. The molecule has 0 aliphatic rings. The highest BCUT2D eigenvalue weighted by molar-refractivity contribution is 7.99. The quantitative estimate of drug-likeness (QED) is 0.708. The summed E-state index contributed by atoms with van der Waals surface area (Å²) >= 11 is 1.86. The Hall–Kier alpha value is -1.21. The van der Waals surface area contributed by atoms with Gasteiger partial charge in [-0.3, -0.25) is 0 Å². The molecule has 1 heteroatoms. The average Bonchev–Trinajstić information content (AvgIpc) is 2.26. The van der Waals surface area contributed by atoms with Gasteiger partial charge in [0.1, 0.15) is 0 Å². The van der Waals surface area contributed by atoms with E-state index in [2.05, 4.69) is 64.1 Å². The van der Waals surface area contributed by atoms with E-state index in [1.54, 1.807) is 0 Å². The Bertz CT molecular complexity index is 501. The number of benzene rings is 2. The van der Waals surface area contributed by atoms with E-state index in [0.29, 0.717) is 0 Å². The van der Waals surface area contributed by atoms with E-state index >= 15 is 0 Å². The first kappa shape index (κ1) is 12.3. The molecule has 0 amide bonds. The second kappa shape index (κ2) is 4.97. The van der Waals surface area contributed by atoms with Crippen LogP contribution in [-0.2, 0) is 0 Å². The molecule has 88 valence electrons. The van der Waals surface area contributed by atoms with Crippen molar-refractivity contribution >= 4 is 11.8 Å². The number of hydrogen-bond donors (Lipinski definition) is 0. The molecular formula is C16H18S. The minimum Gasteiger partial charge on any atom is -0.0895 e. The Balaban J connectivity index is 2.33. The summed E-state index contributed by atoms with van der Waals surface area (Å²) in [5.74, 6) is 0. The maximum absolute atomic E-state index is 2.25. The van der Waals surface area contributed by atoms with Gasteiger partial charge in [-0.2, -0.15) is 0 Å². The van der Waals surface area contributed by atoms with Crippen LogP contribution in [0.1, 0.15) is 22.3 Å². The third-order valence-corrected chi connectivity index (χ3v) is 4.20. The van der Waals surface area contributed by atoms with Gasteiger partial charge < -0.3 is 0 Å². The molecule has 0 aromatic heterocycles. The molecule has 0 spiro atoms. The van der Waals surface area contributed by atoms with Crippen LogP contribution in [0.4, 0.5) is 0 Å². The van der Waals surface area contributed by atoms with Crippen molar-refractivity contribution in [1.82, 2.24) is 0 Å². The summed E-state index contributed by atoms with van der Waals surface area (Å²) in [6.45, 7) is 8.66. The number of aryl methyl sites for hydroxylation is 4. The minimum atomic E-state index is 1.31. The third kappa shape index (κ3) is 2.92. The lowest BCUT2D eigenvalue weighted by Gasteiger charge is -2.10. The van der Waals surface area contributed by atoms with Crippen molar-refractivity contribution in [2.24, 2.45) is 0 Å². The van der Waals surface area contributed by atoms with E-state index in [9.17, 15) is 0 Å². The zero-order chi connectivity index (χ0) is 12.4. The maximum atomic E-state index is 2.25. The van der Waals surface area contributed by atoms with Crippen LogP contribution in [0.3, 0.4) is 0 Å². The lowest BCUT2D eigenvalue weighted by Crippen LogP contribution is -1.87. The van der Waals surface area contributed by atoms with E-state index in [1.165, 1.54) is 32.0 Å². The monoisotopic (exact) mass is 242 g/mol. The van der Waals surface area contributed by atoms with Crippen molar-refractivity contribution in [3.63, 3.8) is 0 Å². The molecule has 0 nitrogen and oxygen atoms in total. The van der Waals surface area contributed by atoms with Gasteiger partial charge in [-0.25, -0.2) is 0 Å². The molecule has 0 unspecified atom stereocenters. The van der Waals surface area contributed by atoms with Gasteiger partial charge in [0, 0.05) is 9.79 Å². The van der Waals surface area contributed by atoms with Crippen molar-refractivity contribution in [2.45, 2.75) is 37.5 Å². The Labute approximate surface area is 108 Å². The molecule has 2 aromatic carbocycles. The molecule has 2 rings (SSSR count). The molecule has 0 aliphatic carbocycles. The molecule has 2 aromatic rings. The first-order valence-corrected chi connectivity index (χ1v) is 6.70. The smallest absolute Gasteiger partial charge is 0.0181 e.